The van der Waals surface area contributed by atoms with Crippen LogP contribution < -0.4 is 16.2 Å². The van der Waals surface area contributed by atoms with Crippen LogP contribution in [0.4, 0.5) is 5.82 Å². The minimum absolute atomic E-state index is 0.0849. The molecule has 0 spiro atoms. The van der Waals surface area contributed by atoms with Gasteiger partial charge in [-0.3, -0.25) is 4.79 Å². The van der Waals surface area contributed by atoms with Crippen molar-refractivity contribution < 1.29 is 0 Å². The highest BCUT2D eigenvalue weighted by molar-refractivity contribution is 14.1. The van der Waals surface area contributed by atoms with E-state index in [1.807, 2.05) is 22.6 Å². The van der Waals surface area contributed by atoms with Gasteiger partial charge in [-0.25, -0.2) is 4.98 Å². The summed E-state index contributed by atoms with van der Waals surface area (Å²) < 4.78 is 0.642. The van der Waals surface area contributed by atoms with Gasteiger partial charge in [-0.1, -0.05) is 0 Å². The number of aromatic amines is 1. The quantitative estimate of drug-likeness (QED) is 0.749. The number of hydrogen-bond acceptors (Lipinski definition) is 4. The van der Waals surface area contributed by atoms with Gasteiger partial charge in [0.25, 0.3) is 5.56 Å². The Hall–Kier alpha value is -0.630. The van der Waals surface area contributed by atoms with Crippen LogP contribution in [0.3, 0.4) is 0 Å². The molecule has 0 saturated carbocycles. The Kier molecular flexibility index (Phi) is 2.73. The SMILES string of the molecule is NCC1CCN1c1nc[nH]c(=O)c1I. The Morgan fingerprint density at radius 3 is 3.14 bits per heavy atom. The Morgan fingerprint density at radius 1 is 1.79 bits per heavy atom. The van der Waals surface area contributed by atoms with Gasteiger partial charge in [0.2, 0.25) is 0 Å². The fourth-order valence-corrected chi connectivity index (χ4v) is 2.14. The summed E-state index contributed by atoms with van der Waals surface area (Å²) in [7, 11) is 0. The van der Waals surface area contributed by atoms with Gasteiger partial charge in [0.15, 0.2) is 0 Å². The largest absolute Gasteiger partial charge is 0.351 e. The Labute approximate surface area is 94.8 Å². The van der Waals surface area contributed by atoms with Crippen molar-refractivity contribution in [3.63, 3.8) is 0 Å². The number of anilines is 1. The molecule has 0 aromatic carbocycles. The van der Waals surface area contributed by atoms with Crippen molar-refractivity contribution >= 4 is 28.4 Å². The summed E-state index contributed by atoms with van der Waals surface area (Å²) in [6.45, 7) is 1.55. The summed E-state index contributed by atoms with van der Waals surface area (Å²) in [5, 5.41) is 0. The molecule has 1 aromatic heterocycles. The molecular formula is C8H11IN4O. The van der Waals surface area contributed by atoms with E-state index in [2.05, 4.69) is 14.9 Å². The zero-order valence-corrected chi connectivity index (χ0v) is 9.69. The van der Waals surface area contributed by atoms with Crippen LogP contribution in [0.2, 0.25) is 0 Å². The van der Waals surface area contributed by atoms with Crippen LogP contribution in [0.25, 0.3) is 0 Å². The number of halogens is 1. The van der Waals surface area contributed by atoms with Crippen molar-refractivity contribution in [2.75, 3.05) is 18.0 Å². The first-order valence-electron chi connectivity index (χ1n) is 4.44. The number of nitrogens with one attached hydrogen (secondary N) is 1. The van der Waals surface area contributed by atoms with E-state index >= 15 is 0 Å². The van der Waals surface area contributed by atoms with Gasteiger partial charge in [-0.15, -0.1) is 0 Å². The molecule has 2 heterocycles. The van der Waals surface area contributed by atoms with Crippen molar-refractivity contribution in [2.24, 2.45) is 5.73 Å². The van der Waals surface area contributed by atoms with Crippen molar-refractivity contribution in [1.29, 1.82) is 0 Å². The fourth-order valence-electron chi connectivity index (χ4n) is 1.54. The monoisotopic (exact) mass is 306 g/mol. The van der Waals surface area contributed by atoms with Crippen molar-refractivity contribution in [2.45, 2.75) is 12.5 Å². The third-order valence-electron chi connectivity index (χ3n) is 2.47. The van der Waals surface area contributed by atoms with Crippen LogP contribution in [-0.2, 0) is 0 Å². The number of nitrogens with zero attached hydrogens (tertiary/aromatic N) is 2. The van der Waals surface area contributed by atoms with Gasteiger partial charge in [0, 0.05) is 19.1 Å². The van der Waals surface area contributed by atoms with E-state index in [0.717, 1.165) is 18.8 Å². The lowest BCUT2D eigenvalue weighted by Crippen LogP contribution is -2.53. The van der Waals surface area contributed by atoms with E-state index in [1.54, 1.807) is 0 Å². The lowest BCUT2D eigenvalue weighted by atomic mass is 10.0. The Balaban J connectivity index is 2.33. The molecule has 0 bridgehead atoms. The molecule has 1 fully saturated rings. The molecule has 76 valence electrons. The molecule has 1 saturated heterocycles. The molecule has 6 heteroatoms. The van der Waals surface area contributed by atoms with Crippen LogP contribution in [0.5, 0.6) is 0 Å². The maximum Gasteiger partial charge on any atom is 0.266 e. The lowest BCUT2D eigenvalue weighted by molar-refractivity contribution is 0.450. The summed E-state index contributed by atoms with van der Waals surface area (Å²) in [6, 6.07) is 0.345. The predicted molar refractivity (Wildman–Crippen MR) is 62.4 cm³/mol. The summed E-state index contributed by atoms with van der Waals surface area (Å²) in [6.07, 6.45) is 2.52. The highest BCUT2D eigenvalue weighted by atomic mass is 127. The smallest absolute Gasteiger partial charge is 0.266 e. The second-order valence-corrected chi connectivity index (χ2v) is 4.32. The first kappa shape index (κ1) is 9.91. The number of aromatic nitrogens is 2. The number of nitrogens with two attached hydrogens (primary N) is 1. The van der Waals surface area contributed by atoms with E-state index in [9.17, 15) is 4.79 Å². The molecule has 2 rings (SSSR count). The van der Waals surface area contributed by atoms with Gasteiger partial charge in [0.1, 0.15) is 9.39 Å². The standard InChI is InChI=1S/C8H11IN4O/c9-6-7(11-4-12-8(6)14)13-2-1-5(13)3-10/h4-5H,1-3,10H2,(H,11,12,14). The van der Waals surface area contributed by atoms with E-state index in [4.69, 9.17) is 5.73 Å². The molecule has 1 atom stereocenters. The maximum absolute atomic E-state index is 11.3. The van der Waals surface area contributed by atoms with Crippen LogP contribution in [0, 0.1) is 3.57 Å². The molecule has 3 N–H and O–H groups in total. The van der Waals surface area contributed by atoms with Crippen LogP contribution in [0.15, 0.2) is 11.1 Å². The highest BCUT2D eigenvalue weighted by Gasteiger charge is 2.29. The van der Waals surface area contributed by atoms with E-state index in [1.165, 1.54) is 6.33 Å². The van der Waals surface area contributed by atoms with Crippen molar-refractivity contribution in [3.8, 4) is 0 Å². The highest BCUT2D eigenvalue weighted by Crippen LogP contribution is 2.25. The second kappa shape index (κ2) is 3.85. The summed E-state index contributed by atoms with van der Waals surface area (Å²) in [4.78, 5) is 20.1. The predicted octanol–water partition coefficient (Wildman–Crippen LogP) is -0.0881. The van der Waals surface area contributed by atoms with Gasteiger partial charge >= 0.3 is 0 Å². The molecule has 0 amide bonds. The zero-order chi connectivity index (χ0) is 10.1. The third-order valence-corrected chi connectivity index (χ3v) is 3.44. The van der Waals surface area contributed by atoms with Gasteiger partial charge in [-0.2, -0.15) is 0 Å². The first-order valence-corrected chi connectivity index (χ1v) is 5.52. The Morgan fingerprint density at radius 2 is 2.57 bits per heavy atom. The van der Waals surface area contributed by atoms with E-state index < -0.39 is 0 Å². The molecule has 5 nitrogen and oxygen atoms in total. The van der Waals surface area contributed by atoms with Crippen LogP contribution in [-0.4, -0.2) is 29.1 Å². The van der Waals surface area contributed by atoms with Crippen LogP contribution >= 0.6 is 22.6 Å². The zero-order valence-electron chi connectivity index (χ0n) is 7.53. The van der Waals surface area contributed by atoms with Crippen LogP contribution in [0.1, 0.15) is 6.42 Å². The second-order valence-electron chi connectivity index (χ2n) is 3.24. The molecule has 1 aliphatic heterocycles. The molecule has 1 unspecified atom stereocenters. The van der Waals surface area contributed by atoms with Crippen molar-refractivity contribution in [1.82, 2.24) is 9.97 Å². The number of rotatable bonds is 2. The maximum atomic E-state index is 11.3. The minimum atomic E-state index is -0.0849. The molecule has 0 aliphatic carbocycles. The summed E-state index contributed by atoms with van der Waals surface area (Å²) in [5.74, 6) is 0.760. The van der Waals surface area contributed by atoms with Gasteiger partial charge in [0.05, 0.1) is 6.33 Å². The number of hydrogen-bond donors (Lipinski definition) is 2. The fraction of sp³-hybridized carbons (Fsp3) is 0.500. The molecule has 1 aromatic rings. The van der Waals surface area contributed by atoms with Crippen molar-refractivity contribution in [3.05, 3.63) is 20.3 Å². The topological polar surface area (TPSA) is 75.0 Å². The molecule has 1 aliphatic rings. The first-order chi connectivity index (χ1) is 6.74. The van der Waals surface area contributed by atoms with E-state index in [-0.39, 0.29) is 5.56 Å². The third kappa shape index (κ3) is 1.52. The lowest BCUT2D eigenvalue weighted by Gasteiger charge is -2.41. The summed E-state index contributed by atoms with van der Waals surface area (Å²) in [5.41, 5.74) is 5.51. The average Bonchev–Trinajstić information content (AvgIpc) is 2.12. The average molecular weight is 306 g/mol. The van der Waals surface area contributed by atoms with Gasteiger partial charge in [-0.05, 0) is 29.0 Å². The molecule has 0 radical (unpaired) electrons. The molecular weight excluding hydrogens is 295 g/mol. The van der Waals surface area contributed by atoms with E-state index in [0.29, 0.717) is 16.2 Å². The minimum Gasteiger partial charge on any atom is -0.351 e. The normalized spacial score (nSPS) is 20.7. The number of H-pyrrole nitrogens is 1. The summed E-state index contributed by atoms with van der Waals surface area (Å²) >= 11 is 2.01. The molecule has 14 heavy (non-hydrogen) atoms. The van der Waals surface area contributed by atoms with Gasteiger partial charge < -0.3 is 15.6 Å². The Bertz CT molecular complexity index is 389.